The van der Waals surface area contributed by atoms with E-state index in [2.05, 4.69) is 9.97 Å². The van der Waals surface area contributed by atoms with Crippen LogP contribution in [0.25, 0.3) is 0 Å². The predicted octanol–water partition coefficient (Wildman–Crippen LogP) is 0.617. The second-order valence-electron chi connectivity index (χ2n) is 3.18. The summed E-state index contributed by atoms with van der Waals surface area (Å²) in [4.78, 5) is 7.93. The van der Waals surface area contributed by atoms with Gasteiger partial charge in [0.2, 0.25) is 0 Å². The van der Waals surface area contributed by atoms with Gasteiger partial charge in [-0.15, -0.1) is 0 Å². The lowest BCUT2D eigenvalue weighted by molar-refractivity contribution is 0.0239. The highest BCUT2D eigenvalue weighted by Crippen LogP contribution is 2.19. The molecule has 0 atom stereocenters. The molecule has 1 aliphatic heterocycles. The van der Waals surface area contributed by atoms with Crippen molar-refractivity contribution in [3.8, 4) is 5.88 Å². The van der Waals surface area contributed by atoms with E-state index in [1.165, 1.54) is 0 Å². The Morgan fingerprint density at radius 2 is 2.00 bits per heavy atom. The Labute approximate surface area is 82.3 Å². The number of rotatable bonds is 2. The molecule has 0 spiro atoms. The third-order valence-electron chi connectivity index (χ3n) is 2.14. The molecule has 2 heterocycles. The lowest BCUT2D eigenvalue weighted by Crippen LogP contribution is -2.26. The third-order valence-corrected chi connectivity index (χ3v) is 2.14. The van der Waals surface area contributed by atoms with E-state index >= 15 is 0 Å². The highest BCUT2D eigenvalue weighted by molar-refractivity contribution is 5.38. The maximum absolute atomic E-state index is 5.61. The summed E-state index contributed by atoms with van der Waals surface area (Å²) in [6, 6.07) is 0. The molecule has 1 aliphatic rings. The molecule has 5 nitrogen and oxygen atoms in total. The highest BCUT2D eigenvalue weighted by atomic mass is 16.5. The molecule has 1 saturated heterocycles. The normalized spacial score (nSPS) is 18.0. The zero-order chi connectivity index (χ0) is 9.80. The number of nitrogen functional groups attached to an aromatic ring is 1. The van der Waals surface area contributed by atoms with Gasteiger partial charge in [0, 0.05) is 25.2 Å². The molecule has 1 aromatic heterocycles. The van der Waals surface area contributed by atoms with Crippen LogP contribution in [0.5, 0.6) is 5.88 Å². The molecule has 1 aromatic rings. The van der Waals surface area contributed by atoms with Crippen molar-refractivity contribution in [3.63, 3.8) is 0 Å². The predicted molar refractivity (Wildman–Crippen MR) is 50.9 cm³/mol. The van der Waals surface area contributed by atoms with E-state index in [0.29, 0.717) is 11.7 Å². The van der Waals surface area contributed by atoms with Crippen LogP contribution in [0, 0.1) is 0 Å². The molecule has 5 heteroatoms. The van der Waals surface area contributed by atoms with E-state index in [9.17, 15) is 0 Å². The number of aromatic nitrogens is 2. The number of anilines is 1. The standard InChI is InChI=1S/C9H13N3O2/c10-8-9(12-4-3-11-8)14-7-1-5-13-6-2-7/h3-4,7H,1-2,5-6H2,(H2,10,11). The zero-order valence-electron chi connectivity index (χ0n) is 7.85. The first kappa shape index (κ1) is 9.21. The van der Waals surface area contributed by atoms with Crippen molar-refractivity contribution >= 4 is 5.82 Å². The summed E-state index contributed by atoms with van der Waals surface area (Å²) >= 11 is 0. The maximum Gasteiger partial charge on any atom is 0.257 e. The van der Waals surface area contributed by atoms with E-state index in [0.717, 1.165) is 26.1 Å². The molecule has 0 saturated carbocycles. The quantitative estimate of drug-likeness (QED) is 0.749. The molecule has 0 radical (unpaired) electrons. The van der Waals surface area contributed by atoms with E-state index in [1.54, 1.807) is 12.4 Å². The Kier molecular flexibility index (Phi) is 2.78. The van der Waals surface area contributed by atoms with Crippen molar-refractivity contribution in [3.05, 3.63) is 12.4 Å². The first-order valence-corrected chi connectivity index (χ1v) is 4.67. The van der Waals surface area contributed by atoms with E-state index in [1.807, 2.05) is 0 Å². The van der Waals surface area contributed by atoms with Gasteiger partial charge >= 0.3 is 0 Å². The van der Waals surface area contributed by atoms with Gasteiger partial charge in [0.1, 0.15) is 6.10 Å². The number of hydrogen-bond acceptors (Lipinski definition) is 5. The van der Waals surface area contributed by atoms with Gasteiger partial charge in [0.25, 0.3) is 5.88 Å². The average Bonchev–Trinajstić information content (AvgIpc) is 2.23. The summed E-state index contributed by atoms with van der Waals surface area (Å²) in [5.41, 5.74) is 5.61. The van der Waals surface area contributed by atoms with Crippen molar-refractivity contribution in [2.24, 2.45) is 0 Å². The van der Waals surface area contributed by atoms with Crippen LogP contribution >= 0.6 is 0 Å². The van der Waals surface area contributed by atoms with E-state index in [4.69, 9.17) is 15.2 Å². The minimum atomic E-state index is 0.155. The number of nitrogens with two attached hydrogens (primary N) is 1. The molecular weight excluding hydrogens is 182 g/mol. The minimum absolute atomic E-state index is 0.155. The second-order valence-corrected chi connectivity index (χ2v) is 3.18. The summed E-state index contributed by atoms with van der Waals surface area (Å²) in [6.45, 7) is 1.48. The molecule has 0 bridgehead atoms. The summed E-state index contributed by atoms with van der Waals surface area (Å²) in [5.74, 6) is 0.776. The molecule has 2 N–H and O–H groups in total. The molecule has 76 valence electrons. The maximum atomic E-state index is 5.61. The Morgan fingerprint density at radius 1 is 1.29 bits per heavy atom. The van der Waals surface area contributed by atoms with E-state index in [-0.39, 0.29) is 6.10 Å². The van der Waals surface area contributed by atoms with Crippen LogP contribution in [-0.2, 0) is 4.74 Å². The molecule has 0 unspecified atom stereocenters. The SMILES string of the molecule is Nc1nccnc1OC1CCOCC1. The molecular formula is C9H13N3O2. The summed E-state index contributed by atoms with van der Waals surface area (Å²) < 4.78 is 10.8. The smallest absolute Gasteiger partial charge is 0.257 e. The third kappa shape index (κ3) is 2.11. The van der Waals surface area contributed by atoms with Crippen molar-refractivity contribution in [2.75, 3.05) is 18.9 Å². The van der Waals surface area contributed by atoms with Gasteiger partial charge in [0.05, 0.1) is 13.2 Å². The van der Waals surface area contributed by atoms with Crippen LogP contribution in [0.4, 0.5) is 5.82 Å². The molecule has 14 heavy (non-hydrogen) atoms. The second kappa shape index (κ2) is 4.23. The summed E-state index contributed by atoms with van der Waals surface area (Å²) in [7, 11) is 0. The van der Waals surface area contributed by atoms with Crippen LogP contribution in [0.3, 0.4) is 0 Å². The first-order chi connectivity index (χ1) is 6.86. The fourth-order valence-corrected chi connectivity index (χ4v) is 1.38. The average molecular weight is 195 g/mol. The minimum Gasteiger partial charge on any atom is -0.472 e. The fraction of sp³-hybridized carbons (Fsp3) is 0.556. The first-order valence-electron chi connectivity index (χ1n) is 4.67. The Morgan fingerprint density at radius 3 is 2.71 bits per heavy atom. The van der Waals surface area contributed by atoms with Gasteiger partial charge in [-0.2, -0.15) is 0 Å². The fourth-order valence-electron chi connectivity index (χ4n) is 1.38. The van der Waals surface area contributed by atoms with Gasteiger partial charge in [-0.25, -0.2) is 9.97 Å². The Bertz CT molecular complexity index is 300. The largest absolute Gasteiger partial charge is 0.472 e. The van der Waals surface area contributed by atoms with Crippen molar-refractivity contribution < 1.29 is 9.47 Å². The molecule has 0 aromatic carbocycles. The molecule has 1 fully saturated rings. The number of hydrogen-bond donors (Lipinski definition) is 1. The lowest BCUT2D eigenvalue weighted by Gasteiger charge is -2.22. The van der Waals surface area contributed by atoms with Crippen molar-refractivity contribution in [2.45, 2.75) is 18.9 Å². The Balaban J connectivity index is 1.99. The van der Waals surface area contributed by atoms with Crippen LogP contribution < -0.4 is 10.5 Å². The van der Waals surface area contributed by atoms with Crippen LogP contribution in [-0.4, -0.2) is 29.3 Å². The summed E-state index contributed by atoms with van der Waals surface area (Å²) in [5, 5.41) is 0. The van der Waals surface area contributed by atoms with Gasteiger partial charge in [-0.3, -0.25) is 0 Å². The molecule has 0 amide bonds. The van der Waals surface area contributed by atoms with Crippen LogP contribution in [0.15, 0.2) is 12.4 Å². The lowest BCUT2D eigenvalue weighted by atomic mass is 10.2. The van der Waals surface area contributed by atoms with E-state index < -0.39 is 0 Å². The zero-order valence-corrected chi connectivity index (χ0v) is 7.85. The van der Waals surface area contributed by atoms with Gasteiger partial charge in [0.15, 0.2) is 5.82 Å². The van der Waals surface area contributed by atoms with Gasteiger partial charge in [-0.05, 0) is 0 Å². The topological polar surface area (TPSA) is 70.3 Å². The highest BCUT2D eigenvalue weighted by Gasteiger charge is 2.16. The number of ether oxygens (including phenoxy) is 2. The molecule has 0 aliphatic carbocycles. The van der Waals surface area contributed by atoms with Gasteiger partial charge in [-0.1, -0.05) is 0 Å². The molecule has 2 rings (SSSR count). The van der Waals surface area contributed by atoms with Gasteiger partial charge < -0.3 is 15.2 Å². The van der Waals surface area contributed by atoms with Crippen LogP contribution in [0.1, 0.15) is 12.8 Å². The van der Waals surface area contributed by atoms with Crippen molar-refractivity contribution in [1.82, 2.24) is 9.97 Å². The van der Waals surface area contributed by atoms with Crippen LogP contribution in [0.2, 0.25) is 0 Å². The summed E-state index contributed by atoms with van der Waals surface area (Å²) in [6.07, 6.45) is 5.05. The Hall–Kier alpha value is -1.36. The van der Waals surface area contributed by atoms with Crippen molar-refractivity contribution in [1.29, 1.82) is 0 Å². The monoisotopic (exact) mass is 195 g/mol. The number of nitrogens with zero attached hydrogens (tertiary/aromatic N) is 2.